The number of carboxylic acid groups (broad SMARTS) is 4. The number of carbonyl (C=O) groups excluding carboxylic acids is 4. The van der Waals surface area contributed by atoms with Crippen LogP contribution in [0, 0.1) is 11.7 Å². The third kappa shape index (κ3) is 11.6. The fourth-order valence-corrected chi connectivity index (χ4v) is 5.66. The molecule has 1 unspecified atom stereocenters. The number of aliphatic carboxylic acids is 4. The van der Waals surface area contributed by atoms with E-state index in [9.17, 15) is 9.50 Å². The van der Waals surface area contributed by atoms with Gasteiger partial charge in [0.15, 0.2) is 0 Å². The van der Waals surface area contributed by atoms with Crippen LogP contribution in [0.25, 0.3) is 21.8 Å². The van der Waals surface area contributed by atoms with Crippen LogP contribution in [0.5, 0.6) is 5.75 Å². The minimum atomic E-state index is -2.19. The van der Waals surface area contributed by atoms with Gasteiger partial charge in [-0.1, -0.05) is 54.6 Å². The number of para-hydroxylation sites is 2. The summed E-state index contributed by atoms with van der Waals surface area (Å²) in [6, 6.07) is 29.2. The maximum absolute atomic E-state index is 13.4. The Morgan fingerprint density at radius 2 is 1.39 bits per heavy atom. The molecule has 51 heavy (non-hydrogen) atoms. The van der Waals surface area contributed by atoms with Gasteiger partial charge in [0.25, 0.3) is 0 Å². The summed E-state index contributed by atoms with van der Waals surface area (Å²) in [6.45, 7) is 3.49. The van der Waals surface area contributed by atoms with Crippen molar-refractivity contribution >= 4 is 45.7 Å². The fourth-order valence-electron chi connectivity index (χ4n) is 5.66. The molecule has 1 saturated heterocycles. The van der Waals surface area contributed by atoms with E-state index in [4.69, 9.17) is 49.3 Å². The van der Waals surface area contributed by atoms with E-state index < -0.39 is 30.0 Å². The summed E-state index contributed by atoms with van der Waals surface area (Å²) >= 11 is 0. The largest absolute Gasteiger partial charge is 0.543 e. The Balaban J connectivity index is 0.000000420. The van der Waals surface area contributed by atoms with Crippen LogP contribution in [-0.2, 0) is 32.1 Å². The topological polar surface area (TPSA) is 211 Å². The molecule has 1 aliphatic heterocycles. The highest BCUT2D eigenvalue weighted by atomic mass is 19.1. The van der Waals surface area contributed by atoms with Gasteiger partial charge in [0.05, 0.1) is 34.9 Å². The Morgan fingerprint density at radius 1 is 0.804 bits per heavy atom. The van der Waals surface area contributed by atoms with E-state index >= 15 is 0 Å². The van der Waals surface area contributed by atoms with Crippen LogP contribution in [0.2, 0.25) is 0 Å². The van der Waals surface area contributed by atoms with Gasteiger partial charge < -0.3 is 58.9 Å². The number of rotatable bonds is 9. The molecular formula is C37H34FN3O10-4. The summed E-state index contributed by atoms with van der Waals surface area (Å²) in [7, 11) is 0. The molecule has 14 heteroatoms. The number of β-amino-alcohol motifs (C(OH)–C–C–N with tert-alkyl or cyclic N) is 1. The molecule has 0 bridgehead atoms. The number of imidazole rings is 1. The van der Waals surface area contributed by atoms with Crippen LogP contribution in [0.15, 0.2) is 91.0 Å². The van der Waals surface area contributed by atoms with Gasteiger partial charge in [-0.2, -0.15) is 0 Å². The second kappa shape index (κ2) is 18.2. The van der Waals surface area contributed by atoms with Gasteiger partial charge in [-0.3, -0.25) is 0 Å². The monoisotopic (exact) mass is 699 g/mol. The van der Waals surface area contributed by atoms with Crippen molar-refractivity contribution in [2.24, 2.45) is 5.92 Å². The van der Waals surface area contributed by atoms with Crippen molar-refractivity contribution in [1.82, 2.24) is 14.5 Å². The zero-order valence-electron chi connectivity index (χ0n) is 27.3. The van der Waals surface area contributed by atoms with E-state index in [0.717, 1.165) is 65.9 Å². The maximum atomic E-state index is 13.4. The van der Waals surface area contributed by atoms with E-state index in [1.807, 2.05) is 48.5 Å². The van der Waals surface area contributed by atoms with Crippen LogP contribution < -0.4 is 25.2 Å². The minimum Gasteiger partial charge on any atom is -0.543 e. The van der Waals surface area contributed by atoms with Crippen LogP contribution in [0.3, 0.4) is 0 Å². The average Bonchev–Trinajstić information content (AvgIpc) is 3.45. The first-order chi connectivity index (χ1) is 24.4. The molecule has 0 spiro atoms. The smallest absolute Gasteiger partial charge is 0.123 e. The van der Waals surface area contributed by atoms with Crippen LogP contribution in [0.1, 0.15) is 24.2 Å². The number of hydrogen-bond acceptors (Lipinski definition) is 12. The normalized spacial score (nSPS) is 13.7. The minimum absolute atomic E-state index is 0.216. The fraction of sp³-hybridized carbons (Fsp3) is 0.270. The molecule has 6 rings (SSSR count). The molecule has 2 heterocycles. The molecule has 0 aliphatic carbocycles. The number of aliphatic hydroxyl groups is 1. The number of ether oxygens (including phenoxy) is 1. The number of aromatic nitrogens is 2. The highest BCUT2D eigenvalue weighted by Gasteiger charge is 2.24. The second-order valence-electron chi connectivity index (χ2n) is 11.8. The van der Waals surface area contributed by atoms with E-state index in [-0.39, 0.29) is 12.4 Å². The quantitative estimate of drug-likeness (QED) is 0.185. The lowest BCUT2D eigenvalue weighted by molar-refractivity contribution is -0.345. The predicted octanol–water partition coefficient (Wildman–Crippen LogP) is -0.956. The SMILES string of the molecule is O=C([O-])C(=O)[O-].O=C([O-])C(=O)[O-].OC(COc1ccc2ccccc2c1)CN1CCC(Cc2nc3ccccc3n2Cc2ccc(F)cc2)CC1. The van der Waals surface area contributed by atoms with Crippen LogP contribution in [-0.4, -0.2) is 75.8 Å². The molecule has 0 saturated carbocycles. The van der Waals surface area contributed by atoms with Gasteiger partial charge in [-0.15, -0.1) is 0 Å². The van der Waals surface area contributed by atoms with Crippen molar-refractivity contribution in [1.29, 1.82) is 0 Å². The zero-order valence-corrected chi connectivity index (χ0v) is 27.3. The molecule has 0 radical (unpaired) electrons. The average molecular weight is 700 g/mol. The third-order valence-corrected chi connectivity index (χ3v) is 8.13. The van der Waals surface area contributed by atoms with Gasteiger partial charge >= 0.3 is 0 Å². The molecule has 13 nitrogen and oxygen atoms in total. The number of piperidine rings is 1. The summed E-state index contributed by atoms with van der Waals surface area (Å²) in [6.07, 6.45) is 2.51. The van der Waals surface area contributed by atoms with Crippen molar-refractivity contribution < 1.29 is 53.8 Å². The number of halogens is 1. The number of carboxylic acids is 4. The molecule has 5 aromatic rings. The van der Waals surface area contributed by atoms with Gasteiger partial charge in [0, 0.05) is 19.5 Å². The lowest BCUT2D eigenvalue weighted by Crippen LogP contribution is -2.42. The van der Waals surface area contributed by atoms with Crippen molar-refractivity contribution in [2.45, 2.75) is 31.9 Å². The van der Waals surface area contributed by atoms with Gasteiger partial charge in [0.1, 0.15) is 30.1 Å². The maximum Gasteiger partial charge on any atom is 0.123 e. The lowest BCUT2D eigenvalue weighted by atomic mass is 9.93. The van der Waals surface area contributed by atoms with Gasteiger partial charge in [-0.05, 0) is 84.6 Å². The first-order valence-corrected chi connectivity index (χ1v) is 15.9. The summed E-state index contributed by atoms with van der Waals surface area (Å²) in [5, 5.41) is 48.7. The van der Waals surface area contributed by atoms with Gasteiger partial charge in [0.2, 0.25) is 0 Å². The summed E-state index contributed by atoms with van der Waals surface area (Å²) in [5.41, 5.74) is 3.18. The lowest BCUT2D eigenvalue weighted by Gasteiger charge is -2.33. The Morgan fingerprint density at radius 3 is 2.02 bits per heavy atom. The Hall–Kier alpha value is -5.86. The van der Waals surface area contributed by atoms with Gasteiger partial charge in [-0.25, -0.2) is 9.37 Å². The molecule has 1 N–H and O–H groups in total. The van der Waals surface area contributed by atoms with Crippen molar-refractivity contribution in [3.05, 3.63) is 108 Å². The number of benzene rings is 4. The van der Waals surface area contributed by atoms with E-state index in [1.165, 1.54) is 17.5 Å². The third-order valence-electron chi connectivity index (χ3n) is 8.13. The predicted molar refractivity (Wildman–Crippen MR) is 174 cm³/mol. The summed E-state index contributed by atoms with van der Waals surface area (Å²) < 4.78 is 21.6. The number of likely N-dealkylation sites (tertiary alicyclic amines) is 1. The molecule has 268 valence electrons. The van der Waals surface area contributed by atoms with Crippen LogP contribution >= 0.6 is 0 Å². The number of fused-ring (bicyclic) bond motifs is 2. The summed E-state index contributed by atoms with van der Waals surface area (Å²) in [4.78, 5) is 43.0. The Labute approximate surface area is 291 Å². The molecule has 4 aromatic carbocycles. The number of hydrogen-bond donors (Lipinski definition) is 1. The molecule has 1 aromatic heterocycles. The Bertz CT molecular complexity index is 1910. The number of nitrogens with zero attached hydrogens (tertiary/aromatic N) is 3. The van der Waals surface area contributed by atoms with Crippen molar-refractivity contribution in [2.75, 3.05) is 26.2 Å². The van der Waals surface area contributed by atoms with Crippen LogP contribution in [0.4, 0.5) is 4.39 Å². The molecule has 1 atom stereocenters. The zero-order chi connectivity index (χ0) is 36.9. The highest BCUT2D eigenvalue weighted by molar-refractivity contribution is 6.25. The van der Waals surface area contributed by atoms with E-state index in [1.54, 1.807) is 0 Å². The first kappa shape index (κ1) is 38.0. The molecular weight excluding hydrogens is 665 g/mol. The molecule has 0 amide bonds. The molecule has 1 aliphatic rings. The second-order valence-corrected chi connectivity index (χ2v) is 11.8. The Kier molecular flexibility index (Phi) is 13.6. The molecule has 1 fully saturated rings. The van der Waals surface area contributed by atoms with Crippen molar-refractivity contribution in [3.63, 3.8) is 0 Å². The summed E-state index contributed by atoms with van der Waals surface area (Å²) in [5.74, 6) is -6.55. The van der Waals surface area contributed by atoms with E-state index in [0.29, 0.717) is 19.0 Å². The number of carbonyl (C=O) groups is 4. The first-order valence-electron chi connectivity index (χ1n) is 15.9. The van der Waals surface area contributed by atoms with E-state index in [2.05, 4.69) is 39.8 Å². The standard InChI is InChI=1S/C33H34FN3O2.2C2H2O4/c34-28-12-9-25(10-13-28)21-37-32-8-4-3-7-31(32)35-33(37)19-24-15-17-36(18-16-24)22-29(38)23-39-30-14-11-26-5-1-2-6-27(26)20-30;2*3-1(4)2(5)6/h1-14,20,24,29,38H,15-19,21-23H2;2*(H,3,4)(H,5,6)/p-4. The highest BCUT2D eigenvalue weighted by Crippen LogP contribution is 2.26. The van der Waals surface area contributed by atoms with Crippen molar-refractivity contribution in [3.8, 4) is 5.75 Å². The number of aliphatic hydroxyl groups excluding tert-OH is 1.